The van der Waals surface area contributed by atoms with E-state index in [4.69, 9.17) is 14.4 Å². The van der Waals surface area contributed by atoms with Crippen molar-refractivity contribution < 1.29 is 4.42 Å². The van der Waals surface area contributed by atoms with E-state index in [1.54, 1.807) is 0 Å². The Balaban J connectivity index is 0.866. The molecule has 13 rings (SSSR count). The monoisotopic (exact) mass is 826 g/mol. The molecule has 0 aliphatic carbocycles. The van der Waals surface area contributed by atoms with Gasteiger partial charge >= 0.3 is 0 Å². The third kappa shape index (κ3) is 6.28. The Hall–Kier alpha value is -8.66. The van der Waals surface area contributed by atoms with Crippen molar-refractivity contribution in [1.82, 2.24) is 9.97 Å². The lowest BCUT2D eigenvalue weighted by Gasteiger charge is -2.15. The van der Waals surface area contributed by atoms with Crippen molar-refractivity contribution in [2.45, 2.75) is 0 Å². The maximum absolute atomic E-state index is 6.17. The lowest BCUT2D eigenvalue weighted by molar-refractivity contribution is 0.669. The lowest BCUT2D eigenvalue weighted by atomic mass is 9.89. The summed E-state index contributed by atoms with van der Waals surface area (Å²) >= 11 is 0. The molecule has 3 heteroatoms. The number of hydrogen-bond acceptors (Lipinski definition) is 3. The van der Waals surface area contributed by atoms with Gasteiger partial charge in [-0.3, -0.25) is 0 Å². The molecule has 2 heterocycles. The van der Waals surface area contributed by atoms with E-state index in [0.29, 0.717) is 5.82 Å². The van der Waals surface area contributed by atoms with Crippen molar-refractivity contribution in [2.75, 3.05) is 0 Å². The van der Waals surface area contributed by atoms with Crippen LogP contribution in [0.3, 0.4) is 0 Å². The number of furan rings is 1. The van der Waals surface area contributed by atoms with Gasteiger partial charge in [0.25, 0.3) is 0 Å². The topological polar surface area (TPSA) is 38.9 Å². The molecule has 0 saturated heterocycles. The zero-order chi connectivity index (χ0) is 42.8. The highest BCUT2D eigenvalue weighted by atomic mass is 16.3. The zero-order valence-electron chi connectivity index (χ0n) is 35.2. The molecule has 0 aliphatic rings. The second-order valence-electron chi connectivity index (χ2n) is 16.9. The van der Waals surface area contributed by atoms with Crippen molar-refractivity contribution >= 4 is 65.0 Å². The summed E-state index contributed by atoms with van der Waals surface area (Å²) in [6.07, 6.45) is 0. The highest BCUT2D eigenvalue weighted by Crippen LogP contribution is 2.42. The van der Waals surface area contributed by atoms with Crippen molar-refractivity contribution in [3.8, 4) is 67.3 Å². The highest BCUT2D eigenvalue weighted by Gasteiger charge is 2.17. The minimum absolute atomic E-state index is 0.686. The molecule has 0 atom stereocenters. The van der Waals surface area contributed by atoms with Gasteiger partial charge in [-0.1, -0.05) is 194 Å². The van der Waals surface area contributed by atoms with E-state index in [-0.39, 0.29) is 0 Å². The Morgan fingerprint density at radius 3 is 1.62 bits per heavy atom. The van der Waals surface area contributed by atoms with E-state index < -0.39 is 0 Å². The third-order valence-electron chi connectivity index (χ3n) is 13.1. The molecule has 0 aliphatic heterocycles. The van der Waals surface area contributed by atoms with Crippen molar-refractivity contribution in [2.24, 2.45) is 0 Å². The van der Waals surface area contributed by atoms with Crippen LogP contribution in [0.25, 0.3) is 132 Å². The Morgan fingerprint density at radius 1 is 0.262 bits per heavy atom. The van der Waals surface area contributed by atoms with Crippen LogP contribution in [-0.4, -0.2) is 9.97 Å². The molecule has 0 unspecified atom stereocenters. The fourth-order valence-corrected chi connectivity index (χ4v) is 9.91. The summed E-state index contributed by atoms with van der Waals surface area (Å²) in [6, 6.07) is 82.4. The van der Waals surface area contributed by atoms with Gasteiger partial charge in [-0.05, 0) is 113 Å². The Labute approximate surface area is 375 Å². The molecule has 0 N–H and O–H groups in total. The van der Waals surface area contributed by atoms with Gasteiger partial charge in [0.1, 0.15) is 11.2 Å². The van der Waals surface area contributed by atoms with Crippen molar-refractivity contribution in [3.05, 3.63) is 231 Å². The average molecular weight is 827 g/mol. The Bertz CT molecular complexity index is 3980. The molecular formula is C62H38N2O. The number of hydrogen-bond donors (Lipinski definition) is 0. The maximum atomic E-state index is 6.17. The zero-order valence-corrected chi connectivity index (χ0v) is 35.2. The first-order valence-corrected chi connectivity index (χ1v) is 22.1. The van der Waals surface area contributed by atoms with Crippen LogP contribution in [-0.2, 0) is 0 Å². The van der Waals surface area contributed by atoms with Gasteiger partial charge in [-0.25, -0.2) is 9.97 Å². The number of para-hydroxylation sites is 1. The fraction of sp³-hybridized carbons (Fsp3) is 0. The molecule has 0 bridgehead atoms. The van der Waals surface area contributed by atoms with Gasteiger partial charge < -0.3 is 4.42 Å². The van der Waals surface area contributed by atoms with Gasteiger partial charge in [-0.15, -0.1) is 0 Å². The molecule has 0 radical (unpaired) electrons. The summed E-state index contributed by atoms with van der Waals surface area (Å²) in [5, 5.41) is 12.1. The van der Waals surface area contributed by atoms with E-state index >= 15 is 0 Å². The second kappa shape index (κ2) is 15.0. The van der Waals surface area contributed by atoms with Crippen LogP contribution in [0.5, 0.6) is 0 Å². The highest BCUT2D eigenvalue weighted by molar-refractivity contribution is 6.20. The number of rotatable bonds is 6. The summed E-state index contributed by atoms with van der Waals surface area (Å²) in [7, 11) is 0. The quantitative estimate of drug-likeness (QED) is 0.124. The van der Waals surface area contributed by atoms with Gasteiger partial charge in [0.05, 0.1) is 11.4 Å². The van der Waals surface area contributed by atoms with Crippen LogP contribution in [0.1, 0.15) is 0 Å². The van der Waals surface area contributed by atoms with Crippen LogP contribution in [0, 0.1) is 0 Å². The predicted molar refractivity (Wildman–Crippen MR) is 272 cm³/mol. The number of benzene rings is 11. The molecule has 11 aromatic carbocycles. The molecule has 302 valence electrons. The summed E-state index contributed by atoms with van der Waals surface area (Å²) in [4.78, 5) is 10.4. The molecule has 65 heavy (non-hydrogen) atoms. The normalized spacial score (nSPS) is 11.7. The van der Waals surface area contributed by atoms with Gasteiger partial charge in [-0.2, -0.15) is 0 Å². The standard InChI is InChI=1S/C62H38N2O/c1-2-13-44(14-3-1)62-63-57(46-31-35-60-56(37-46)53-20-10-11-21-59(53)65-60)38-58(64-62)52-34-33-48(50-18-8-9-19-51(50)52)42-26-22-39(23-27-42)40-24-28-43(29-25-40)61-49-17-7-5-15-45(49)36-55-47-16-6-4-12-41(47)30-32-54(55)61/h1-38H. The molecule has 13 aromatic rings. The molecule has 3 nitrogen and oxygen atoms in total. The van der Waals surface area contributed by atoms with E-state index in [1.165, 1.54) is 65.5 Å². The summed E-state index contributed by atoms with van der Waals surface area (Å²) < 4.78 is 6.17. The van der Waals surface area contributed by atoms with E-state index in [1.807, 2.05) is 36.4 Å². The molecule has 0 fully saturated rings. The van der Waals surface area contributed by atoms with Crippen LogP contribution in [0.2, 0.25) is 0 Å². The molecular weight excluding hydrogens is 789 g/mol. The second-order valence-corrected chi connectivity index (χ2v) is 16.9. The number of fused-ring (bicyclic) bond motifs is 8. The van der Waals surface area contributed by atoms with Crippen molar-refractivity contribution in [3.63, 3.8) is 0 Å². The van der Waals surface area contributed by atoms with E-state index in [9.17, 15) is 0 Å². The van der Waals surface area contributed by atoms with Crippen LogP contribution < -0.4 is 0 Å². The Kier molecular flexibility index (Phi) is 8.53. The number of aromatic nitrogens is 2. The summed E-state index contributed by atoms with van der Waals surface area (Å²) in [5.74, 6) is 0.686. The minimum Gasteiger partial charge on any atom is -0.456 e. The fourth-order valence-electron chi connectivity index (χ4n) is 9.91. The molecule has 2 aromatic heterocycles. The van der Waals surface area contributed by atoms with Crippen LogP contribution in [0.15, 0.2) is 235 Å². The first-order valence-electron chi connectivity index (χ1n) is 22.1. The largest absolute Gasteiger partial charge is 0.456 e. The van der Waals surface area contributed by atoms with Crippen LogP contribution >= 0.6 is 0 Å². The number of nitrogens with zero attached hydrogens (tertiary/aromatic N) is 2. The Morgan fingerprint density at radius 2 is 0.831 bits per heavy atom. The van der Waals surface area contributed by atoms with E-state index in [0.717, 1.165) is 61.0 Å². The molecule has 0 amide bonds. The summed E-state index contributed by atoms with van der Waals surface area (Å²) in [6.45, 7) is 0. The third-order valence-corrected chi connectivity index (χ3v) is 13.1. The average Bonchev–Trinajstić information content (AvgIpc) is 3.76. The molecule has 0 saturated carbocycles. The summed E-state index contributed by atoms with van der Waals surface area (Å²) in [5.41, 5.74) is 13.7. The smallest absolute Gasteiger partial charge is 0.160 e. The van der Waals surface area contributed by atoms with Crippen LogP contribution in [0.4, 0.5) is 0 Å². The first-order chi connectivity index (χ1) is 32.2. The first kappa shape index (κ1) is 36.9. The SMILES string of the molecule is c1ccc(-c2nc(-c3ccc4oc5ccccc5c4c3)cc(-c3ccc(-c4ccc(-c5ccc(-c6c7ccccc7cc7c6ccc6ccccc67)cc5)cc4)c4ccccc34)n2)cc1. The van der Waals surface area contributed by atoms with Gasteiger partial charge in [0.15, 0.2) is 5.82 Å². The van der Waals surface area contributed by atoms with E-state index in [2.05, 4.69) is 194 Å². The predicted octanol–water partition coefficient (Wildman–Crippen LogP) is 17.0. The molecule has 0 spiro atoms. The van der Waals surface area contributed by atoms with Crippen molar-refractivity contribution in [1.29, 1.82) is 0 Å². The van der Waals surface area contributed by atoms with Gasteiger partial charge in [0.2, 0.25) is 0 Å². The maximum Gasteiger partial charge on any atom is 0.160 e. The lowest BCUT2D eigenvalue weighted by Crippen LogP contribution is -1.96. The van der Waals surface area contributed by atoms with Gasteiger partial charge in [0, 0.05) is 27.5 Å². The minimum atomic E-state index is 0.686.